The second-order valence-corrected chi connectivity index (χ2v) is 7.68. The largest absolute Gasteiger partial charge is 0.444 e. The van der Waals surface area contributed by atoms with E-state index in [0.717, 1.165) is 31.9 Å². The Morgan fingerprint density at radius 3 is 2.38 bits per heavy atom. The molecule has 8 heteroatoms. The zero-order chi connectivity index (χ0) is 19.7. The van der Waals surface area contributed by atoms with Gasteiger partial charge in [0.2, 0.25) is 5.91 Å². The first kappa shape index (κ1) is 22.1. The number of nitrogens with one attached hydrogen (secondary N) is 2. The van der Waals surface area contributed by atoms with E-state index in [1.807, 2.05) is 20.8 Å². The fourth-order valence-corrected chi connectivity index (χ4v) is 2.81. The van der Waals surface area contributed by atoms with Crippen molar-refractivity contribution >= 4 is 18.0 Å². The molecule has 1 rings (SSSR count). The summed E-state index contributed by atoms with van der Waals surface area (Å²) >= 11 is 0. The van der Waals surface area contributed by atoms with Crippen LogP contribution in [0.4, 0.5) is 4.79 Å². The summed E-state index contributed by atoms with van der Waals surface area (Å²) in [7, 11) is 5.16. The summed E-state index contributed by atoms with van der Waals surface area (Å²) in [6.45, 7) is 8.44. The number of aliphatic imine (C=N–C) groups is 1. The molecule has 0 radical (unpaired) electrons. The van der Waals surface area contributed by atoms with Gasteiger partial charge in [-0.25, -0.2) is 4.79 Å². The van der Waals surface area contributed by atoms with Gasteiger partial charge in [-0.1, -0.05) is 0 Å². The number of ether oxygens (including phenoxy) is 1. The lowest BCUT2D eigenvalue weighted by Crippen LogP contribution is -2.48. The standard InChI is InChI=1S/C18H35N5O3/c1-18(2,3)26-17(25)22(6)12-9-21-16(20-5)23-10-7-14(8-11-23)13-15(24)19-4/h14H,7-13H2,1-6H3,(H,19,24)(H,20,21). The van der Waals surface area contributed by atoms with Gasteiger partial charge in [-0.3, -0.25) is 9.79 Å². The van der Waals surface area contributed by atoms with Gasteiger partial charge in [-0.15, -0.1) is 0 Å². The Bertz CT molecular complexity index is 494. The topological polar surface area (TPSA) is 86.3 Å². The molecular weight excluding hydrogens is 334 g/mol. The molecule has 1 aliphatic heterocycles. The Kier molecular flexibility index (Phi) is 8.68. The monoisotopic (exact) mass is 369 g/mol. The molecule has 1 heterocycles. The molecule has 0 atom stereocenters. The molecule has 0 aromatic carbocycles. The average molecular weight is 370 g/mol. The molecule has 0 spiro atoms. The van der Waals surface area contributed by atoms with Gasteiger partial charge in [-0.05, 0) is 39.5 Å². The second-order valence-electron chi connectivity index (χ2n) is 7.68. The molecule has 1 fully saturated rings. The van der Waals surface area contributed by atoms with E-state index in [4.69, 9.17) is 4.74 Å². The van der Waals surface area contributed by atoms with E-state index in [1.54, 1.807) is 26.0 Å². The third-order valence-corrected chi connectivity index (χ3v) is 4.31. The van der Waals surface area contributed by atoms with Gasteiger partial charge >= 0.3 is 6.09 Å². The van der Waals surface area contributed by atoms with E-state index in [9.17, 15) is 9.59 Å². The van der Waals surface area contributed by atoms with Crippen molar-refractivity contribution in [2.24, 2.45) is 10.9 Å². The van der Waals surface area contributed by atoms with Gasteiger partial charge in [0.05, 0.1) is 0 Å². The highest BCUT2D eigenvalue weighted by atomic mass is 16.6. The Morgan fingerprint density at radius 2 is 1.88 bits per heavy atom. The molecular formula is C18H35N5O3. The molecule has 150 valence electrons. The maximum Gasteiger partial charge on any atom is 0.410 e. The third-order valence-electron chi connectivity index (χ3n) is 4.31. The number of nitrogens with zero attached hydrogens (tertiary/aromatic N) is 3. The van der Waals surface area contributed by atoms with Crippen molar-refractivity contribution in [2.75, 3.05) is 47.3 Å². The second kappa shape index (κ2) is 10.2. The Balaban J connectivity index is 2.36. The van der Waals surface area contributed by atoms with E-state index >= 15 is 0 Å². The zero-order valence-corrected chi connectivity index (χ0v) is 17.1. The summed E-state index contributed by atoms with van der Waals surface area (Å²) in [6, 6.07) is 0. The fourth-order valence-electron chi connectivity index (χ4n) is 2.81. The lowest BCUT2D eigenvalue weighted by molar-refractivity contribution is -0.121. The van der Waals surface area contributed by atoms with E-state index in [2.05, 4.69) is 20.5 Å². The number of carbonyl (C=O) groups excluding carboxylic acids is 2. The van der Waals surface area contributed by atoms with Crippen molar-refractivity contribution in [1.29, 1.82) is 0 Å². The van der Waals surface area contributed by atoms with Crippen LogP contribution in [0.25, 0.3) is 0 Å². The number of guanidine groups is 1. The van der Waals surface area contributed by atoms with Gasteiger partial charge < -0.3 is 25.2 Å². The lowest BCUT2D eigenvalue weighted by atomic mass is 9.93. The van der Waals surface area contributed by atoms with Crippen LogP contribution in [0.1, 0.15) is 40.0 Å². The van der Waals surface area contributed by atoms with Crippen LogP contribution in [0.2, 0.25) is 0 Å². The molecule has 2 N–H and O–H groups in total. The normalized spacial score (nSPS) is 16.2. The maximum atomic E-state index is 12.0. The first-order valence-electron chi connectivity index (χ1n) is 9.26. The predicted octanol–water partition coefficient (Wildman–Crippen LogP) is 1.28. The van der Waals surface area contributed by atoms with Crippen molar-refractivity contribution in [3.63, 3.8) is 0 Å². The molecule has 8 nitrogen and oxygen atoms in total. The van der Waals surface area contributed by atoms with Gasteiger partial charge in [0.15, 0.2) is 5.96 Å². The number of hydrogen-bond donors (Lipinski definition) is 2. The predicted molar refractivity (Wildman–Crippen MR) is 103 cm³/mol. The number of likely N-dealkylation sites (N-methyl/N-ethyl adjacent to an activating group) is 1. The molecule has 0 aromatic rings. The molecule has 0 bridgehead atoms. The smallest absolute Gasteiger partial charge is 0.410 e. The molecule has 2 amide bonds. The van der Waals surface area contributed by atoms with Gasteiger partial charge in [0.25, 0.3) is 0 Å². The van der Waals surface area contributed by atoms with Crippen LogP contribution in [0.3, 0.4) is 0 Å². The average Bonchev–Trinajstić information content (AvgIpc) is 2.57. The van der Waals surface area contributed by atoms with Crippen LogP contribution in [0.15, 0.2) is 4.99 Å². The van der Waals surface area contributed by atoms with Gasteiger partial charge in [0, 0.05) is 53.7 Å². The van der Waals surface area contributed by atoms with Crippen molar-refractivity contribution in [2.45, 2.75) is 45.6 Å². The van der Waals surface area contributed by atoms with Crippen molar-refractivity contribution in [1.82, 2.24) is 20.4 Å². The highest BCUT2D eigenvalue weighted by Crippen LogP contribution is 2.20. The zero-order valence-electron chi connectivity index (χ0n) is 17.1. The van der Waals surface area contributed by atoms with Crippen LogP contribution in [0.5, 0.6) is 0 Å². The number of carbonyl (C=O) groups is 2. The molecule has 26 heavy (non-hydrogen) atoms. The summed E-state index contributed by atoms with van der Waals surface area (Å²) < 4.78 is 5.34. The van der Waals surface area contributed by atoms with E-state index in [1.165, 1.54) is 0 Å². The van der Waals surface area contributed by atoms with Crippen LogP contribution < -0.4 is 10.6 Å². The van der Waals surface area contributed by atoms with Crippen LogP contribution in [-0.2, 0) is 9.53 Å². The van der Waals surface area contributed by atoms with Gasteiger partial charge in [-0.2, -0.15) is 0 Å². The molecule has 0 aromatic heterocycles. The number of piperidine rings is 1. The van der Waals surface area contributed by atoms with Crippen molar-refractivity contribution < 1.29 is 14.3 Å². The molecule has 0 aliphatic carbocycles. The van der Waals surface area contributed by atoms with Crippen LogP contribution in [0, 0.1) is 5.92 Å². The molecule has 0 unspecified atom stereocenters. The first-order chi connectivity index (χ1) is 12.2. The van der Waals surface area contributed by atoms with Crippen LogP contribution in [-0.4, -0.2) is 80.7 Å². The number of hydrogen-bond acceptors (Lipinski definition) is 4. The van der Waals surface area contributed by atoms with E-state index in [-0.39, 0.29) is 12.0 Å². The lowest BCUT2D eigenvalue weighted by Gasteiger charge is -2.34. The van der Waals surface area contributed by atoms with E-state index in [0.29, 0.717) is 25.4 Å². The van der Waals surface area contributed by atoms with Gasteiger partial charge in [0.1, 0.15) is 5.60 Å². The van der Waals surface area contributed by atoms with Crippen molar-refractivity contribution in [3.8, 4) is 0 Å². The minimum absolute atomic E-state index is 0.108. The molecule has 1 saturated heterocycles. The molecule has 0 saturated carbocycles. The summed E-state index contributed by atoms with van der Waals surface area (Å²) in [4.78, 5) is 31.5. The van der Waals surface area contributed by atoms with Crippen LogP contribution >= 0.6 is 0 Å². The highest BCUT2D eigenvalue weighted by Gasteiger charge is 2.23. The highest BCUT2D eigenvalue weighted by molar-refractivity contribution is 5.80. The first-order valence-corrected chi connectivity index (χ1v) is 9.26. The summed E-state index contributed by atoms with van der Waals surface area (Å²) in [5.74, 6) is 1.37. The van der Waals surface area contributed by atoms with Crippen molar-refractivity contribution in [3.05, 3.63) is 0 Å². The number of rotatable bonds is 5. The molecule has 1 aliphatic rings. The number of amides is 2. The summed E-state index contributed by atoms with van der Waals surface area (Å²) in [5.41, 5.74) is -0.492. The summed E-state index contributed by atoms with van der Waals surface area (Å²) in [5, 5.41) is 5.99. The Hall–Kier alpha value is -1.99. The SMILES string of the molecule is CN=C(NCCN(C)C(=O)OC(C)(C)C)N1CCC(CC(=O)NC)CC1. The van der Waals surface area contributed by atoms with E-state index < -0.39 is 5.60 Å². The minimum atomic E-state index is -0.492. The Labute approximate surface area is 157 Å². The maximum absolute atomic E-state index is 12.0. The summed E-state index contributed by atoms with van der Waals surface area (Å²) in [6.07, 6.45) is 2.22. The Morgan fingerprint density at radius 1 is 1.27 bits per heavy atom. The number of likely N-dealkylation sites (tertiary alicyclic amines) is 1. The minimum Gasteiger partial charge on any atom is -0.444 e. The quantitative estimate of drug-likeness (QED) is 0.563. The fraction of sp³-hybridized carbons (Fsp3) is 0.833. The third kappa shape index (κ3) is 7.93.